The normalized spacial score (nSPS) is 36.0. The van der Waals surface area contributed by atoms with Crippen LogP contribution < -0.4 is 5.32 Å². The summed E-state index contributed by atoms with van der Waals surface area (Å²) in [4.78, 5) is 2.54. The fraction of sp³-hybridized carbons (Fsp3) is 1.00. The molecule has 2 heteroatoms. The van der Waals surface area contributed by atoms with E-state index >= 15 is 0 Å². The number of nitrogens with zero attached hydrogens (tertiary/aromatic N) is 1. The minimum Gasteiger partial charge on any atom is -0.312 e. The van der Waals surface area contributed by atoms with Gasteiger partial charge in [0.1, 0.15) is 0 Å². The van der Waals surface area contributed by atoms with Crippen molar-refractivity contribution in [3.63, 3.8) is 0 Å². The van der Waals surface area contributed by atoms with Gasteiger partial charge in [-0.3, -0.25) is 0 Å². The van der Waals surface area contributed by atoms with Gasteiger partial charge in [-0.2, -0.15) is 0 Å². The lowest BCUT2D eigenvalue weighted by Gasteiger charge is -2.32. The van der Waals surface area contributed by atoms with Gasteiger partial charge in [0.15, 0.2) is 0 Å². The average Bonchev–Trinajstić information content (AvgIpc) is 2.81. The Bertz CT molecular complexity index is 227. The first-order valence-corrected chi connectivity index (χ1v) is 7.03. The first kappa shape index (κ1) is 12.4. The second kappa shape index (κ2) is 5.05. The maximum absolute atomic E-state index is 3.74. The summed E-state index contributed by atoms with van der Waals surface area (Å²) in [6.07, 6.45) is 4.40. The molecule has 1 aliphatic carbocycles. The molecule has 0 aromatic rings. The third-order valence-electron chi connectivity index (χ3n) is 5.02. The SMILES string of the molecule is CC(C)C(C)N(C)CC1NCC2CCCC21. The van der Waals surface area contributed by atoms with Crippen LogP contribution in [0.3, 0.4) is 0 Å². The summed E-state index contributed by atoms with van der Waals surface area (Å²) in [6.45, 7) is 9.51. The molecule has 0 aromatic heterocycles. The molecular weight excluding hydrogens is 196 g/mol. The van der Waals surface area contributed by atoms with E-state index in [9.17, 15) is 0 Å². The molecule has 1 N–H and O–H groups in total. The van der Waals surface area contributed by atoms with Gasteiger partial charge in [0.25, 0.3) is 0 Å². The van der Waals surface area contributed by atoms with Crippen molar-refractivity contribution in [2.45, 2.75) is 52.1 Å². The molecular formula is C14H28N2. The standard InChI is InChI=1S/C14H28N2/c1-10(2)11(3)16(4)9-14-13-7-5-6-12(13)8-15-14/h10-15H,5-9H2,1-4H3. The van der Waals surface area contributed by atoms with Crippen LogP contribution in [0.2, 0.25) is 0 Å². The molecule has 2 nitrogen and oxygen atoms in total. The van der Waals surface area contributed by atoms with Crippen LogP contribution >= 0.6 is 0 Å². The smallest absolute Gasteiger partial charge is 0.0226 e. The van der Waals surface area contributed by atoms with Crippen LogP contribution in [0.25, 0.3) is 0 Å². The minimum absolute atomic E-state index is 0.697. The van der Waals surface area contributed by atoms with Gasteiger partial charge in [0.05, 0.1) is 0 Å². The first-order valence-electron chi connectivity index (χ1n) is 7.03. The lowest BCUT2D eigenvalue weighted by Crippen LogP contribution is -2.44. The third-order valence-corrected chi connectivity index (χ3v) is 5.02. The molecule has 0 bridgehead atoms. The molecule has 0 spiro atoms. The molecule has 2 rings (SSSR count). The predicted octanol–water partition coefficient (Wildman–Crippen LogP) is 2.35. The number of fused-ring (bicyclic) bond motifs is 1. The van der Waals surface area contributed by atoms with Gasteiger partial charge >= 0.3 is 0 Å². The maximum atomic E-state index is 3.74. The summed E-state index contributed by atoms with van der Waals surface area (Å²) < 4.78 is 0. The zero-order chi connectivity index (χ0) is 11.7. The van der Waals surface area contributed by atoms with Crippen molar-refractivity contribution < 1.29 is 0 Å². The molecule has 2 aliphatic rings. The zero-order valence-corrected chi connectivity index (χ0v) is 11.4. The summed E-state index contributed by atoms with van der Waals surface area (Å²) in [5, 5.41) is 3.74. The minimum atomic E-state index is 0.697. The molecule has 1 saturated heterocycles. The zero-order valence-electron chi connectivity index (χ0n) is 11.4. The van der Waals surface area contributed by atoms with Gasteiger partial charge in [0.2, 0.25) is 0 Å². The van der Waals surface area contributed by atoms with Gasteiger partial charge in [0, 0.05) is 18.6 Å². The Balaban J connectivity index is 1.85. The van der Waals surface area contributed by atoms with Crippen LogP contribution in [-0.2, 0) is 0 Å². The second-order valence-corrected chi connectivity index (χ2v) is 6.29. The summed E-state index contributed by atoms with van der Waals surface area (Å²) in [5.74, 6) is 2.72. The topological polar surface area (TPSA) is 15.3 Å². The van der Waals surface area contributed by atoms with E-state index in [1.165, 1.54) is 32.4 Å². The maximum Gasteiger partial charge on any atom is 0.0226 e. The summed E-state index contributed by atoms with van der Waals surface area (Å²) in [5.41, 5.74) is 0. The van der Waals surface area contributed by atoms with Gasteiger partial charge < -0.3 is 10.2 Å². The van der Waals surface area contributed by atoms with E-state index < -0.39 is 0 Å². The lowest BCUT2D eigenvalue weighted by molar-refractivity contribution is 0.178. The van der Waals surface area contributed by atoms with Gasteiger partial charge in [-0.25, -0.2) is 0 Å². The van der Waals surface area contributed by atoms with Crippen LogP contribution in [0.1, 0.15) is 40.0 Å². The average molecular weight is 224 g/mol. The molecule has 4 unspecified atom stereocenters. The molecule has 0 radical (unpaired) electrons. The lowest BCUT2D eigenvalue weighted by atomic mass is 9.93. The molecule has 0 amide bonds. The van der Waals surface area contributed by atoms with Gasteiger partial charge in [-0.15, -0.1) is 0 Å². The Kier molecular flexibility index (Phi) is 3.91. The fourth-order valence-electron chi connectivity index (χ4n) is 3.49. The second-order valence-electron chi connectivity index (χ2n) is 6.29. The van der Waals surface area contributed by atoms with Crippen molar-refractivity contribution in [3.8, 4) is 0 Å². The number of likely N-dealkylation sites (N-methyl/N-ethyl adjacent to an activating group) is 1. The van der Waals surface area contributed by atoms with Crippen LogP contribution in [0.15, 0.2) is 0 Å². The Morgan fingerprint density at radius 1 is 1.25 bits per heavy atom. The van der Waals surface area contributed by atoms with Crippen molar-refractivity contribution in [2.24, 2.45) is 17.8 Å². The number of hydrogen-bond donors (Lipinski definition) is 1. The molecule has 4 atom stereocenters. The Labute approximate surface area is 101 Å². The van der Waals surface area contributed by atoms with Crippen molar-refractivity contribution in [2.75, 3.05) is 20.1 Å². The molecule has 1 saturated carbocycles. The molecule has 94 valence electrons. The number of nitrogens with one attached hydrogen (secondary N) is 1. The van der Waals surface area contributed by atoms with Crippen molar-refractivity contribution in [1.29, 1.82) is 0 Å². The monoisotopic (exact) mass is 224 g/mol. The van der Waals surface area contributed by atoms with Crippen LogP contribution in [0, 0.1) is 17.8 Å². The fourth-order valence-corrected chi connectivity index (χ4v) is 3.49. The quantitative estimate of drug-likeness (QED) is 0.788. The van der Waals surface area contributed by atoms with Crippen molar-refractivity contribution >= 4 is 0 Å². The molecule has 2 fully saturated rings. The van der Waals surface area contributed by atoms with Gasteiger partial charge in [-0.05, 0) is 51.1 Å². The van der Waals surface area contributed by atoms with E-state index in [-0.39, 0.29) is 0 Å². The molecule has 1 heterocycles. The van der Waals surface area contributed by atoms with E-state index in [0.717, 1.165) is 23.8 Å². The summed E-state index contributed by atoms with van der Waals surface area (Å²) in [6, 6.07) is 1.46. The molecule has 0 aromatic carbocycles. The Morgan fingerprint density at radius 2 is 2.00 bits per heavy atom. The Morgan fingerprint density at radius 3 is 2.69 bits per heavy atom. The first-order chi connectivity index (χ1) is 7.59. The van der Waals surface area contributed by atoms with Crippen molar-refractivity contribution in [1.82, 2.24) is 10.2 Å². The molecule has 16 heavy (non-hydrogen) atoms. The highest BCUT2D eigenvalue weighted by Crippen LogP contribution is 2.37. The molecule has 1 aliphatic heterocycles. The number of hydrogen-bond acceptors (Lipinski definition) is 2. The van der Waals surface area contributed by atoms with E-state index in [0.29, 0.717) is 6.04 Å². The van der Waals surface area contributed by atoms with E-state index in [2.05, 4.69) is 38.0 Å². The van der Waals surface area contributed by atoms with Gasteiger partial charge in [-0.1, -0.05) is 20.3 Å². The van der Waals surface area contributed by atoms with Crippen LogP contribution in [-0.4, -0.2) is 37.1 Å². The largest absolute Gasteiger partial charge is 0.312 e. The Hall–Kier alpha value is -0.0800. The highest BCUT2D eigenvalue weighted by Gasteiger charge is 2.39. The van der Waals surface area contributed by atoms with Crippen LogP contribution in [0.4, 0.5) is 0 Å². The number of rotatable bonds is 4. The van der Waals surface area contributed by atoms with E-state index in [1.807, 2.05) is 0 Å². The highest BCUT2D eigenvalue weighted by atomic mass is 15.2. The predicted molar refractivity (Wildman–Crippen MR) is 69.6 cm³/mol. The highest BCUT2D eigenvalue weighted by molar-refractivity contribution is 4.95. The van der Waals surface area contributed by atoms with Crippen molar-refractivity contribution in [3.05, 3.63) is 0 Å². The van der Waals surface area contributed by atoms with E-state index in [4.69, 9.17) is 0 Å². The summed E-state index contributed by atoms with van der Waals surface area (Å²) >= 11 is 0. The van der Waals surface area contributed by atoms with E-state index in [1.54, 1.807) is 0 Å². The third kappa shape index (κ3) is 2.43. The van der Waals surface area contributed by atoms with Crippen LogP contribution in [0.5, 0.6) is 0 Å². The summed E-state index contributed by atoms with van der Waals surface area (Å²) in [7, 11) is 2.29.